The lowest BCUT2D eigenvalue weighted by molar-refractivity contribution is 0.669. The maximum Gasteiger partial charge on any atom is 0.164 e. The van der Waals surface area contributed by atoms with Gasteiger partial charge in [-0.1, -0.05) is 140 Å². The zero-order valence-corrected chi connectivity index (χ0v) is 33.7. The fourth-order valence-corrected chi connectivity index (χ4v) is 9.23. The number of para-hydroxylation sites is 3. The van der Waals surface area contributed by atoms with Crippen LogP contribution in [0, 0.1) is 0 Å². The topological polar surface area (TPSA) is 69.9 Å². The van der Waals surface area contributed by atoms with Crippen molar-refractivity contribution < 1.29 is 8.83 Å². The minimum Gasteiger partial charge on any atom is -0.456 e. The number of hydrogen-bond donors (Lipinski definition) is 0. The summed E-state index contributed by atoms with van der Waals surface area (Å²) in [5, 5.41) is 6.69. The van der Waals surface area contributed by atoms with E-state index in [1.54, 1.807) is 0 Å². The van der Waals surface area contributed by atoms with Crippen molar-refractivity contribution >= 4 is 65.7 Å². The summed E-state index contributed by atoms with van der Waals surface area (Å²) in [6, 6.07) is 71.7. The number of aromatic nitrogens is 4. The summed E-state index contributed by atoms with van der Waals surface area (Å²) in [6.45, 7) is 0. The van der Waals surface area contributed by atoms with E-state index in [0.717, 1.165) is 99.5 Å². The summed E-state index contributed by atoms with van der Waals surface area (Å²) in [6.07, 6.45) is 0. The molecule has 9 aromatic carbocycles. The molecule has 4 heterocycles. The molecule has 0 saturated heterocycles. The Hall–Kier alpha value is -8.61. The summed E-state index contributed by atoms with van der Waals surface area (Å²) in [7, 11) is 0. The third-order valence-electron chi connectivity index (χ3n) is 12.3. The van der Waals surface area contributed by atoms with Crippen molar-refractivity contribution in [2.45, 2.75) is 0 Å². The van der Waals surface area contributed by atoms with Gasteiger partial charge in [-0.25, -0.2) is 15.0 Å². The van der Waals surface area contributed by atoms with E-state index in [4.69, 9.17) is 23.8 Å². The Morgan fingerprint density at radius 2 is 0.810 bits per heavy atom. The van der Waals surface area contributed by atoms with Gasteiger partial charge in [0.1, 0.15) is 22.3 Å². The van der Waals surface area contributed by atoms with Crippen molar-refractivity contribution in [1.29, 1.82) is 0 Å². The van der Waals surface area contributed by atoms with Gasteiger partial charge in [0.15, 0.2) is 17.5 Å². The van der Waals surface area contributed by atoms with Gasteiger partial charge in [0.05, 0.1) is 11.0 Å². The number of furan rings is 2. The van der Waals surface area contributed by atoms with E-state index < -0.39 is 0 Å². The lowest BCUT2D eigenvalue weighted by Gasteiger charge is -2.10. The second-order valence-corrected chi connectivity index (χ2v) is 16.0. The van der Waals surface area contributed by atoms with Crippen molar-refractivity contribution in [3.8, 4) is 62.1 Å². The van der Waals surface area contributed by atoms with E-state index in [-0.39, 0.29) is 0 Å². The van der Waals surface area contributed by atoms with Gasteiger partial charge in [-0.3, -0.25) is 0 Å². The Bertz CT molecular complexity index is 3840. The van der Waals surface area contributed by atoms with Crippen molar-refractivity contribution in [2.24, 2.45) is 0 Å². The first-order valence-corrected chi connectivity index (χ1v) is 21.1. The third kappa shape index (κ3) is 5.76. The Labute approximate surface area is 361 Å². The van der Waals surface area contributed by atoms with E-state index in [2.05, 4.69) is 126 Å². The quantitative estimate of drug-likeness (QED) is 0.167. The fraction of sp³-hybridized carbons (Fsp3) is 0. The molecule has 6 nitrogen and oxygen atoms in total. The molecule has 0 aliphatic rings. The van der Waals surface area contributed by atoms with Gasteiger partial charge < -0.3 is 13.4 Å². The van der Waals surface area contributed by atoms with Crippen LogP contribution in [0.2, 0.25) is 0 Å². The van der Waals surface area contributed by atoms with Crippen LogP contribution in [0.25, 0.3) is 128 Å². The highest BCUT2D eigenvalue weighted by molar-refractivity contribution is 6.12. The van der Waals surface area contributed by atoms with Gasteiger partial charge in [0.2, 0.25) is 0 Å². The van der Waals surface area contributed by atoms with E-state index in [1.807, 2.05) is 84.9 Å². The van der Waals surface area contributed by atoms with Crippen LogP contribution in [0.4, 0.5) is 0 Å². The van der Waals surface area contributed by atoms with Gasteiger partial charge >= 0.3 is 0 Å². The zero-order valence-electron chi connectivity index (χ0n) is 33.7. The molecule has 0 fully saturated rings. The van der Waals surface area contributed by atoms with Crippen molar-refractivity contribution in [2.75, 3.05) is 0 Å². The number of benzene rings is 9. The molecule has 0 amide bonds. The lowest BCUT2D eigenvalue weighted by atomic mass is 10.00. The van der Waals surface area contributed by atoms with Gasteiger partial charge in [-0.2, -0.15) is 0 Å². The summed E-state index contributed by atoms with van der Waals surface area (Å²) in [4.78, 5) is 14.9. The first kappa shape index (κ1) is 35.2. The molecule has 0 radical (unpaired) electrons. The van der Waals surface area contributed by atoms with Crippen LogP contribution < -0.4 is 0 Å². The van der Waals surface area contributed by atoms with Gasteiger partial charge in [-0.15, -0.1) is 0 Å². The number of fused-ring (bicyclic) bond motifs is 9. The minimum absolute atomic E-state index is 0.607. The van der Waals surface area contributed by atoms with Gasteiger partial charge in [-0.05, 0) is 83.4 Å². The maximum absolute atomic E-state index is 6.41. The molecule has 0 atom stereocenters. The monoisotopic (exact) mass is 806 g/mol. The first-order chi connectivity index (χ1) is 31.2. The number of nitrogens with zero attached hydrogens (tertiary/aromatic N) is 4. The highest BCUT2D eigenvalue weighted by Gasteiger charge is 2.18. The number of rotatable bonds is 6. The molecule has 0 spiro atoms. The molecular formula is C57H34N4O2. The predicted octanol–water partition coefficient (Wildman–Crippen LogP) is 15.1. The van der Waals surface area contributed by atoms with Crippen LogP contribution in [-0.2, 0) is 0 Å². The van der Waals surface area contributed by atoms with Crippen LogP contribution in [-0.4, -0.2) is 19.5 Å². The normalized spacial score (nSPS) is 11.8. The fourth-order valence-electron chi connectivity index (χ4n) is 9.23. The smallest absolute Gasteiger partial charge is 0.164 e. The zero-order chi connectivity index (χ0) is 41.4. The summed E-state index contributed by atoms with van der Waals surface area (Å²) >= 11 is 0. The second-order valence-electron chi connectivity index (χ2n) is 16.0. The summed E-state index contributed by atoms with van der Waals surface area (Å²) in [5.74, 6) is 1.86. The van der Waals surface area contributed by atoms with Gasteiger partial charge in [0, 0.05) is 60.3 Å². The molecular weight excluding hydrogens is 773 g/mol. The average molecular weight is 807 g/mol. The molecule has 13 aromatic rings. The summed E-state index contributed by atoms with van der Waals surface area (Å²) < 4.78 is 15.2. The first-order valence-electron chi connectivity index (χ1n) is 21.1. The van der Waals surface area contributed by atoms with E-state index in [9.17, 15) is 0 Å². The standard InChI is InChI=1S/C57H34N4O2/c1-3-12-36(13-4-1)55-58-56(37-14-5-2-6-15-37)60-57(59-55)40-26-31-53-48(34-40)47-33-39(25-30-52(47)62-53)38-24-29-50-46(32-38)43-16-7-9-20-49(43)61(50)41-27-22-35(23-28-41)42-18-11-19-45-44-17-8-10-21-51(44)63-54(42)45/h1-34H. The van der Waals surface area contributed by atoms with Crippen molar-refractivity contribution in [1.82, 2.24) is 19.5 Å². The second kappa shape index (κ2) is 14.0. The molecule has 0 saturated carbocycles. The lowest BCUT2D eigenvalue weighted by Crippen LogP contribution is -2.00. The van der Waals surface area contributed by atoms with E-state index >= 15 is 0 Å². The average Bonchev–Trinajstić information content (AvgIpc) is 4.03. The highest BCUT2D eigenvalue weighted by Crippen LogP contribution is 2.40. The molecule has 0 bridgehead atoms. The number of hydrogen-bond acceptors (Lipinski definition) is 5. The third-order valence-corrected chi connectivity index (χ3v) is 12.3. The molecule has 0 unspecified atom stereocenters. The summed E-state index contributed by atoms with van der Waals surface area (Å²) in [5.41, 5.74) is 14.0. The van der Waals surface area contributed by atoms with Crippen LogP contribution in [0.3, 0.4) is 0 Å². The molecule has 4 aromatic heterocycles. The van der Waals surface area contributed by atoms with Crippen LogP contribution in [0.5, 0.6) is 0 Å². The Kier molecular flexibility index (Phi) is 7.80. The molecule has 13 rings (SSSR count). The molecule has 0 aliphatic heterocycles. The van der Waals surface area contributed by atoms with Gasteiger partial charge in [0.25, 0.3) is 0 Å². The SMILES string of the molecule is c1ccc(-c2nc(-c3ccccc3)nc(-c3ccc4oc5ccc(-c6ccc7c(c6)c6ccccc6n7-c6ccc(-c7cccc8c7oc7ccccc78)cc6)cc5c4c3)n2)cc1. The Balaban J connectivity index is 0.892. The maximum atomic E-state index is 6.41. The van der Waals surface area contributed by atoms with Crippen LogP contribution in [0.1, 0.15) is 0 Å². The molecule has 63 heavy (non-hydrogen) atoms. The predicted molar refractivity (Wildman–Crippen MR) is 256 cm³/mol. The van der Waals surface area contributed by atoms with E-state index in [1.165, 1.54) is 10.8 Å². The van der Waals surface area contributed by atoms with Crippen LogP contribution in [0.15, 0.2) is 215 Å². The minimum atomic E-state index is 0.607. The molecule has 0 aliphatic carbocycles. The Morgan fingerprint density at radius 3 is 1.52 bits per heavy atom. The Morgan fingerprint density at radius 1 is 0.302 bits per heavy atom. The van der Waals surface area contributed by atoms with Crippen molar-refractivity contribution in [3.05, 3.63) is 206 Å². The molecule has 6 heteroatoms. The highest BCUT2D eigenvalue weighted by atomic mass is 16.3. The van der Waals surface area contributed by atoms with Crippen LogP contribution >= 0.6 is 0 Å². The largest absolute Gasteiger partial charge is 0.456 e. The molecule has 0 N–H and O–H groups in total. The molecule has 294 valence electrons. The van der Waals surface area contributed by atoms with E-state index in [0.29, 0.717) is 17.5 Å². The van der Waals surface area contributed by atoms with Crippen molar-refractivity contribution in [3.63, 3.8) is 0 Å².